The second-order valence-electron chi connectivity index (χ2n) is 4.73. The standard InChI is InChI=1S/C13H20ClNO2/c1-13(2,3)17-8-7-15-12-9-10(16-4)5-6-11(12)14/h5-6,9,15H,7-8H2,1-4H3. The Labute approximate surface area is 108 Å². The Morgan fingerprint density at radius 2 is 2.00 bits per heavy atom. The van der Waals surface area contributed by atoms with Gasteiger partial charge in [0.05, 0.1) is 30.0 Å². The van der Waals surface area contributed by atoms with Crippen molar-refractivity contribution in [3.8, 4) is 5.75 Å². The van der Waals surface area contributed by atoms with Crippen LogP contribution in [0.1, 0.15) is 20.8 Å². The van der Waals surface area contributed by atoms with Crippen LogP contribution < -0.4 is 10.1 Å². The molecule has 0 saturated heterocycles. The topological polar surface area (TPSA) is 30.5 Å². The molecule has 0 fully saturated rings. The SMILES string of the molecule is COc1ccc(Cl)c(NCCOC(C)(C)C)c1. The summed E-state index contributed by atoms with van der Waals surface area (Å²) in [7, 11) is 1.63. The van der Waals surface area contributed by atoms with E-state index in [1.165, 1.54) is 0 Å². The Hall–Kier alpha value is -0.930. The lowest BCUT2D eigenvalue weighted by Crippen LogP contribution is -2.23. The fourth-order valence-corrected chi connectivity index (χ4v) is 1.49. The molecule has 3 nitrogen and oxygen atoms in total. The highest BCUT2D eigenvalue weighted by Gasteiger charge is 2.09. The minimum absolute atomic E-state index is 0.111. The molecule has 1 N–H and O–H groups in total. The van der Waals surface area contributed by atoms with Crippen molar-refractivity contribution >= 4 is 17.3 Å². The van der Waals surface area contributed by atoms with E-state index in [-0.39, 0.29) is 5.60 Å². The number of benzene rings is 1. The van der Waals surface area contributed by atoms with Crippen molar-refractivity contribution in [3.05, 3.63) is 23.2 Å². The van der Waals surface area contributed by atoms with Gasteiger partial charge in [-0.2, -0.15) is 0 Å². The van der Waals surface area contributed by atoms with Gasteiger partial charge in [0, 0.05) is 12.6 Å². The predicted molar refractivity (Wildman–Crippen MR) is 72.2 cm³/mol. The van der Waals surface area contributed by atoms with Crippen molar-refractivity contribution in [2.24, 2.45) is 0 Å². The van der Waals surface area contributed by atoms with Crippen LogP contribution in [0.3, 0.4) is 0 Å². The van der Waals surface area contributed by atoms with E-state index in [1.807, 2.05) is 39.0 Å². The lowest BCUT2D eigenvalue weighted by Gasteiger charge is -2.20. The Balaban J connectivity index is 2.46. The van der Waals surface area contributed by atoms with E-state index in [0.29, 0.717) is 18.2 Å². The molecule has 0 aliphatic heterocycles. The van der Waals surface area contributed by atoms with Crippen LogP contribution in [-0.2, 0) is 4.74 Å². The molecule has 0 bridgehead atoms. The predicted octanol–water partition coefficient (Wildman–Crippen LogP) is 3.58. The molecule has 1 aromatic carbocycles. The average molecular weight is 258 g/mol. The Kier molecular flexibility index (Phi) is 5.09. The summed E-state index contributed by atoms with van der Waals surface area (Å²) in [6.45, 7) is 7.45. The van der Waals surface area contributed by atoms with Gasteiger partial charge in [-0.3, -0.25) is 0 Å². The summed E-state index contributed by atoms with van der Waals surface area (Å²) >= 11 is 6.06. The van der Waals surface area contributed by atoms with E-state index in [4.69, 9.17) is 21.1 Å². The molecule has 0 saturated carbocycles. The fraction of sp³-hybridized carbons (Fsp3) is 0.538. The zero-order valence-corrected chi connectivity index (χ0v) is 11.6. The highest BCUT2D eigenvalue weighted by molar-refractivity contribution is 6.33. The minimum atomic E-state index is -0.111. The van der Waals surface area contributed by atoms with E-state index in [0.717, 1.165) is 11.4 Å². The average Bonchev–Trinajstić information content (AvgIpc) is 2.25. The molecule has 96 valence electrons. The molecule has 17 heavy (non-hydrogen) atoms. The van der Waals surface area contributed by atoms with Crippen molar-refractivity contribution < 1.29 is 9.47 Å². The van der Waals surface area contributed by atoms with Crippen molar-refractivity contribution in [1.29, 1.82) is 0 Å². The van der Waals surface area contributed by atoms with E-state index in [2.05, 4.69) is 5.32 Å². The first kappa shape index (κ1) is 14.1. The van der Waals surface area contributed by atoms with Gasteiger partial charge >= 0.3 is 0 Å². The van der Waals surface area contributed by atoms with Crippen LogP contribution in [0, 0.1) is 0 Å². The van der Waals surface area contributed by atoms with E-state index >= 15 is 0 Å². The summed E-state index contributed by atoms with van der Waals surface area (Å²) < 4.78 is 10.8. The molecule has 0 aliphatic rings. The second-order valence-corrected chi connectivity index (χ2v) is 5.14. The number of methoxy groups -OCH3 is 1. The normalized spacial score (nSPS) is 11.4. The quantitative estimate of drug-likeness (QED) is 0.818. The minimum Gasteiger partial charge on any atom is -0.497 e. The van der Waals surface area contributed by atoms with Gasteiger partial charge < -0.3 is 14.8 Å². The zero-order valence-electron chi connectivity index (χ0n) is 10.8. The van der Waals surface area contributed by atoms with Crippen LogP contribution in [0.25, 0.3) is 0 Å². The molecule has 0 radical (unpaired) electrons. The van der Waals surface area contributed by atoms with Gasteiger partial charge in [-0.05, 0) is 32.9 Å². The first-order valence-corrected chi connectivity index (χ1v) is 6.01. The number of ether oxygens (including phenoxy) is 2. The number of hydrogen-bond acceptors (Lipinski definition) is 3. The van der Waals surface area contributed by atoms with Crippen molar-refractivity contribution in [2.45, 2.75) is 26.4 Å². The van der Waals surface area contributed by atoms with Crippen LogP contribution in [-0.4, -0.2) is 25.9 Å². The summed E-state index contributed by atoms with van der Waals surface area (Å²) in [5, 5.41) is 3.91. The van der Waals surface area contributed by atoms with Gasteiger partial charge in [-0.15, -0.1) is 0 Å². The van der Waals surface area contributed by atoms with E-state index < -0.39 is 0 Å². The largest absolute Gasteiger partial charge is 0.497 e. The zero-order chi connectivity index (χ0) is 12.9. The summed E-state index contributed by atoms with van der Waals surface area (Å²) in [5.74, 6) is 0.786. The maximum absolute atomic E-state index is 6.06. The highest BCUT2D eigenvalue weighted by Crippen LogP contribution is 2.26. The lowest BCUT2D eigenvalue weighted by atomic mass is 10.2. The molecule has 0 heterocycles. The molecule has 0 amide bonds. The maximum Gasteiger partial charge on any atom is 0.121 e. The summed E-state index contributed by atoms with van der Waals surface area (Å²) in [5.41, 5.74) is 0.753. The van der Waals surface area contributed by atoms with E-state index in [9.17, 15) is 0 Å². The molecule has 4 heteroatoms. The van der Waals surface area contributed by atoms with Crippen LogP contribution in [0.15, 0.2) is 18.2 Å². The summed E-state index contributed by atoms with van der Waals surface area (Å²) in [6, 6.07) is 5.52. The number of rotatable bonds is 5. The third-order valence-corrected chi connectivity index (χ3v) is 2.46. The molecular formula is C13H20ClNO2. The molecule has 0 aromatic heterocycles. The number of halogens is 1. The van der Waals surface area contributed by atoms with Gasteiger partial charge in [-0.25, -0.2) is 0 Å². The Morgan fingerprint density at radius 3 is 2.59 bits per heavy atom. The monoisotopic (exact) mass is 257 g/mol. The van der Waals surface area contributed by atoms with Gasteiger partial charge in [0.25, 0.3) is 0 Å². The van der Waals surface area contributed by atoms with Crippen LogP contribution in [0.2, 0.25) is 5.02 Å². The number of nitrogens with one attached hydrogen (secondary N) is 1. The summed E-state index contributed by atoms with van der Waals surface area (Å²) in [6.07, 6.45) is 0. The fourth-order valence-electron chi connectivity index (χ4n) is 1.31. The van der Waals surface area contributed by atoms with Crippen molar-refractivity contribution in [3.63, 3.8) is 0 Å². The molecule has 0 atom stereocenters. The first-order valence-electron chi connectivity index (χ1n) is 5.64. The third-order valence-electron chi connectivity index (χ3n) is 2.13. The first-order chi connectivity index (χ1) is 7.92. The van der Waals surface area contributed by atoms with Crippen LogP contribution in [0.4, 0.5) is 5.69 Å². The van der Waals surface area contributed by atoms with Gasteiger partial charge in [-0.1, -0.05) is 11.6 Å². The Bertz CT molecular complexity index is 361. The van der Waals surface area contributed by atoms with Crippen molar-refractivity contribution in [1.82, 2.24) is 0 Å². The molecule has 1 aromatic rings. The highest BCUT2D eigenvalue weighted by atomic mass is 35.5. The Morgan fingerprint density at radius 1 is 1.29 bits per heavy atom. The molecule has 0 aliphatic carbocycles. The third kappa shape index (κ3) is 5.29. The van der Waals surface area contributed by atoms with E-state index in [1.54, 1.807) is 7.11 Å². The number of anilines is 1. The van der Waals surface area contributed by atoms with Gasteiger partial charge in [0.1, 0.15) is 5.75 Å². The number of hydrogen-bond donors (Lipinski definition) is 1. The van der Waals surface area contributed by atoms with Crippen LogP contribution in [0.5, 0.6) is 5.75 Å². The van der Waals surface area contributed by atoms with Gasteiger partial charge in [0.2, 0.25) is 0 Å². The smallest absolute Gasteiger partial charge is 0.121 e. The molecule has 1 rings (SSSR count). The summed E-state index contributed by atoms with van der Waals surface area (Å²) in [4.78, 5) is 0. The maximum atomic E-state index is 6.06. The molecule has 0 spiro atoms. The van der Waals surface area contributed by atoms with Gasteiger partial charge in [0.15, 0.2) is 0 Å². The molecule has 0 unspecified atom stereocenters. The van der Waals surface area contributed by atoms with Crippen molar-refractivity contribution in [2.75, 3.05) is 25.6 Å². The lowest BCUT2D eigenvalue weighted by molar-refractivity contribution is 0.00333. The molecular weight excluding hydrogens is 238 g/mol. The van der Waals surface area contributed by atoms with Crippen LogP contribution >= 0.6 is 11.6 Å². The second kappa shape index (κ2) is 6.12.